The van der Waals surface area contributed by atoms with Crippen molar-refractivity contribution in [2.45, 2.75) is 52.1 Å². The Balaban J connectivity index is 2.81. The fourth-order valence-corrected chi connectivity index (χ4v) is 2.02. The molecule has 0 bridgehead atoms. The van der Waals surface area contributed by atoms with Crippen molar-refractivity contribution in [3.63, 3.8) is 0 Å². The molecule has 0 unspecified atom stereocenters. The van der Waals surface area contributed by atoms with Crippen molar-refractivity contribution in [2.75, 3.05) is 0 Å². The lowest BCUT2D eigenvalue weighted by atomic mass is 10.1. The topological polar surface area (TPSA) is 81.3 Å². The van der Waals surface area contributed by atoms with Gasteiger partial charge in [-0.2, -0.15) is 0 Å². The van der Waals surface area contributed by atoms with E-state index < -0.39 is 17.9 Å². The zero-order valence-electron chi connectivity index (χ0n) is 12.1. The first-order valence-electron chi connectivity index (χ1n) is 6.98. The predicted molar refractivity (Wildman–Crippen MR) is 75.9 cm³/mol. The third kappa shape index (κ3) is 3.90. The van der Waals surface area contributed by atoms with E-state index in [1.807, 2.05) is 0 Å². The largest absolute Gasteiger partial charge is 0.391 e. The lowest BCUT2D eigenvalue weighted by molar-refractivity contribution is 0.0890. The van der Waals surface area contributed by atoms with Crippen molar-refractivity contribution >= 4 is 5.91 Å². The van der Waals surface area contributed by atoms with Crippen LogP contribution in [-0.4, -0.2) is 20.1 Å². The minimum atomic E-state index is -0.661. The van der Waals surface area contributed by atoms with Crippen molar-refractivity contribution in [3.8, 4) is 0 Å². The highest BCUT2D eigenvalue weighted by molar-refractivity contribution is 5.78. The number of aromatic nitrogens is 2. The Kier molecular flexibility index (Phi) is 6.38. The molecule has 0 radical (unpaired) electrons. The highest BCUT2D eigenvalue weighted by Gasteiger charge is 2.13. The maximum atomic E-state index is 12.0. The maximum Gasteiger partial charge on any atom is 0.337 e. The van der Waals surface area contributed by atoms with Crippen molar-refractivity contribution in [3.05, 3.63) is 32.6 Å². The summed E-state index contributed by atoms with van der Waals surface area (Å²) in [4.78, 5) is 35.5. The number of carbonyl (C=O) groups is 1. The third-order valence-electron chi connectivity index (χ3n) is 3.29. The fourth-order valence-electron chi connectivity index (χ4n) is 2.02. The summed E-state index contributed by atoms with van der Waals surface area (Å²) in [5.74, 6) is -0.336. The van der Waals surface area contributed by atoms with Crippen LogP contribution < -0.4 is 11.2 Å². The van der Waals surface area contributed by atoms with Crippen LogP contribution in [-0.2, 0) is 13.7 Å². The second kappa shape index (κ2) is 7.79. The molecule has 1 heterocycles. The van der Waals surface area contributed by atoms with Crippen molar-refractivity contribution in [1.82, 2.24) is 9.13 Å². The van der Waals surface area contributed by atoms with E-state index >= 15 is 0 Å². The van der Waals surface area contributed by atoms with Crippen molar-refractivity contribution < 1.29 is 9.90 Å². The van der Waals surface area contributed by atoms with E-state index in [1.54, 1.807) is 0 Å². The van der Waals surface area contributed by atoms with Crippen LogP contribution in [0.1, 0.15) is 55.8 Å². The Morgan fingerprint density at radius 2 is 1.85 bits per heavy atom. The molecule has 0 fully saturated rings. The van der Waals surface area contributed by atoms with Gasteiger partial charge in [0, 0.05) is 19.7 Å². The number of rotatable bonds is 7. The van der Waals surface area contributed by atoms with Gasteiger partial charge in [-0.25, -0.2) is 9.36 Å². The Hall–Kier alpha value is -1.69. The molecule has 1 aromatic heterocycles. The molecule has 0 saturated carbocycles. The van der Waals surface area contributed by atoms with E-state index in [4.69, 9.17) is 5.11 Å². The van der Waals surface area contributed by atoms with Crippen molar-refractivity contribution in [1.29, 1.82) is 0 Å². The van der Waals surface area contributed by atoms with Gasteiger partial charge in [0.1, 0.15) is 0 Å². The molecule has 0 spiro atoms. The van der Waals surface area contributed by atoms with E-state index in [2.05, 4.69) is 6.92 Å². The van der Waals surface area contributed by atoms with Gasteiger partial charge in [0.05, 0.1) is 12.2 Å². The number of hydrogen-bond acceptors (Lipinski definition) is 4. The first kappa shape index (κ1) is 16.4. The van der Waals surface area contributed by atoms with E-state index in [0.29, 0.717) is 0 Å². The highest BCUT2D eigenvalue weighted by atomic mass is 16.3. The van der Waals surface area contributed by atoms with Gasteiger partial charge in [-0.3, -0.25) is 14.2 Å². The van der Waals surface area contributed by atoms with E-state index in [0.717, 1.165) is 47.4 Å². The Labute approximate surface area is 117 Å². The molecule has 1 aromatic rings. The summed E-state index contributed by atoms with van der Waals surface area (Å²) in [6, 6.07) is 0. The molecule has 0 amide bonds. The fraction of sp³-hybridized carbons (Fsp3) is 0.643. The number of aliphatic hydroxyl groups is 1. The van der Waals surface area contributed by atoms with Crippen LogP contribution >= 0.6 is 0 Å². The van der Waals surface area contributed by atoms with E-state index in [1.165, 1.54) is 7.05 Å². The minimum absolute atomic E-state index is 0.0476. The number of carbonyl (C=O) groups excluding carboxylic acids is 1. The third-order valence-corrected chi connectivity index (χ3v) is 3.29. The van der Waals surface area contributed by atoms with Crippen LogP contribution in [0.25, 0.3) is 0 Å². The van der Waals surface area contributed by atoms with Crippen LogP contribution in [0.2, 0.25) is 0 Å². The maximum absolute atomic E-state index is 12.0. The summed E-state index contributed by atoms with van der Waals surface area (Å²) < 4.78 is 1.77. The summed E-state index contributed by atoms with van der Waals surface area (Å²) in [7, 11) is 1.30. The number of nitrogens with zero attached hydrogens (tertiary/aromatic N) is 2. The van der Waals surface area contributed by atoms with Crippen LogP contribution in [0.4, 0.5) is 0 Å². The average Bonchev–Trinajstić information content (AvgIpc) is 2.44. The lowest BCUT2D eigenvalue weighted by Crippen LogP contribution is -2.41. The highest BCUT2D eigenvalue weighted by Crippen LogP contribution is 2.05. The van der Waals surface area contributed by atoms with Crippen LogP contribution in [0.5, 0.6) is 0 Å². The van der Waals surface area contributed by atoms with E-state index in [-0.39, 0.29) is 17.9 Å². The number of aliphatic hydroxyl groups excluding tert-OH is 1. The summed E-state index contributed by atoms with van der Waals surface area (Å²) in [6.45, 7) is 1.63. The molecular weight excluding hydrogens is 260 g/mol. The zero-order valence-corrected chi connectivity index (χ0v) is 12.1. The van der Waals surface area contributed by atoms with Gasteiger partial charge in [-0.1, -0.05) is 32.6 Å². The van der Waals surface area contributed by atoms with Gasteiger partial charge >= 0.3 is 5.69 Å². The summed E-state index contributed by atoms with van der Waals surface area (Å²) in [5, 5.41) is 9.07. The first-order valence-corrected chi connectivity index (χ1v) is 6.98. The molecule has 0 aromatic carbocycles. The van der Waals surface area contributed by atoms with Crippen molar-refractivity contribution in [2.24, 2.45) is 7.05 Å². The van der Waals surface area contributed by atoms with Gasteiger partial charge in [0.25, 0.3) is 5.56 Å². The number of hydrogen-bond donors (Lipinski definition) is 1. The van der Waals surface area contributed by atoms with Gasteiger partial charge < -0.3 is 5.11 Å². The SMILES string of the molecule is CCCCCCCC(=O)n1cc(CO)c(=O)n(C)c1=O. The second-order valence-electron chi connectivity index (χ2n) is 4.89. The molecule has 0 aliphatic heterocycles. The zero-order chi connectivity index (χ0) is 15.1. The molecule has 1 rings (SSSR count). The predicted octanol–water partition coefficient (Wildman–Crippen LogP) is 1.04. The molecule has 0 aliphatic rings. The second-order valence-corrected chi connectivity index (χ2v) is 4.89. The Morgan fingerprint density at radius 1 is 1.20 bits per heavy atom. The molecule has 6 heteroatoms. The normalized spacial score (nSPS) is 10.8. The number of unbranched alkanes of at least 4 members (excludes halogenated alkanes) is 4. The Morgan fingerprint density at radius 3 is 2.45 bits per heavy atom. The average molecular weight is 282 g/mol. The molecule has 0 aliphatic carbocycles. The summed E-state index contributed by atoms with van der Waals surface area (Å²) >= 11 is 0. The lowest BCUT2D eigenvalue weighted by Gasteiger charge is -2.08. The standard InChI is InChI=1S/C14H22N2O4/c1-3-4-5-6-7-8-12(18)16-9-11(10-17)13(19)15(2)14(16)20/h9,17H,3-8,10H2,1-2H3. The molecule has 0 saturated heterocycles. The quantitative estimate of drug-likeness (QED) is 0.758. The summed E-state index contributed by atoms with van der Waals surface area (Å²) in [5.41, 5.74) is -1.18. The van der Waals surface area contributed by atoms with Gasteiger partial charge in [-0.05, 0) is 6.42 Å². The minimum Gasteiger partial charge on any atom is -0.391 e. The summed E-state index contributed by atoms with van der Waals surface area (Å²) in [6.07, 6.45) is 6.45. The van der Waals surface area contributed by atoms with Crippen LogP contribution in [0.3, 0.4) is 0 Å². The smallest absolute Gasteiger partial charge is 0.337 e. The molecule has 6 nitrogen and oxygen atoms in total. The monoisotopic (exact) mass is 282 g/mol. The first-order chi connectivity index (χ1) is 9.52. The van der Waals surface area contributed by atoms with Gasteiger partial charge in [0.15, 0.2) is 0 Å². The van der Waals surface area contributed by atoms with Gasteiger partial charge in [0.2, 0.25) is 5.91 Å². The van der Waals surface area contributed by atoms with Gasteiger partial charge in [-0.15, -0.1) is 0 Å². The molecule has 20 heavy (non-hydrogen) atoms. The molecule has 112 valence electrons. The molecular formula is C14H22N2O4. The molecule has 0 atom stereocenters. The van der Waals surface area contributed by atoms with Crippen LogP contribution in [0.15, 0.2) is 15.8 Å². The molecule has 1 N–H and O–H groups in total. The van der Waals surface area contributed by atoms with Crippen LogP contribution in [0, 0.1) is 0 Å². The van der Waals surface area contributed by atoms with E-state index in [9.17, 15) is 14.4 Å². The Bertz CT molecular complexity index is 572.